The van der Waals surface area contributed by atoms with Gasteiger partial charge in [-0.2, -0.15) is 0 Å². The summed E-state index contributed by atoms with van der Waals surface area (Å²) in [5.41, 5.74) is 2.38. The number of para-hydroxylation sites is 1. The second-order valence-electron chi connectivity index (χ2n) is 6.64. The molecule has 2 atom stereocenters. The quantitative estimate of drug-likeness (QED) is 0.738. The lowest BCUT2D eigenvalue weighted by Crippen LogP contribution is -2.47. The van der Waals surface area contributed by atoms with E-state index >= 15 is 0 Å². The van der Waals surface area contributed by atoms with Crippen molar-refractivity contribution in [2.75, 3.05) is 20.1 Å². The molecule has 4 heteroatoms. The van der Waals surface area contributed by atoms with Crippen LogP contribution in [0.2, 0.25) is 0 Å². The molecular weight excluding hydrogens is 302 g/mol. The molecule has 3 heterocycles. The van der Waals surface area contributed by atoms with Crippen LogP contribution >= 0.6 is 11.8 Å². The zero-order valence-corrected chi connectivity index (χ0v) is 14.0. The number of aliphatic imine (C=N–C) groups is 1. The van der Waals surface area contributed by atoms with E-state index in [1.54, 1.807) is 0 Å². The molecule has 2 saturated heterocycles. The van der Waals surface area contributed by atoms with E-state index in [4.69, 9.17) is 4.99 Å². The van der Waals surface area contributed by atoms with E-state index in [-0.39, 0.29) is 0 Å². The van der Waals surface area contributed by atoms with Crippen molar-refractivity contribution >= 4 is 23.3 Å². The van der Waals surface area contributed by atoms with E-state index in [1.165, 1.54) is 27.6 Å². The number of piperazine rings is 1. The maximum atomic E-state index is 5.11. The Hall–Kier alpha value is -1.78. The third-order valence-corrected chi connectivity index (χ3v) is 6.37. The van der Waals surface area contributed by atoms with Gasteiger partial charge in [0.15, 0.2) is 0 Å². The molecule has 2 unspecified atom stereocenters. The minimum atomic E-state index is 0.604. The lowest BCUT2D eigenvalue weighted by Gasteiger charge is -2.34. The first kappa shape index (κ1) is 13.6. The largest absolute Gasteiger partial charge is 0.350 e. The van der Waals surface area contributed by atoms with Crippen molar-refractivity contribution in [1.29, 1.82) is 0 Å². The molecule has 116 valence electrons. The molecular formula is C19H19N3S. The zero-order chi connectivity index (χ0) is 15.4. The fraction of sp³-hybridized carbons (Fsp3) is 0.316. The SMILES string of the molecule is CN1CC2CC1CN2C1=Nc2ccccc2Sc2ccccc21. The molecule has 5 rings (SSSR count). The summed E-state index contributed by atoms with van der Waals surface area (Å²) in [6, 6.07) is 18.5. The Morgan fingerprint density at radius 3 is 2.52 bits per heavy atom. The van der Waals surface area contributed by atoms with Crippen molar-refractivity contribution in [3.63, 3.8) is 0 Å². The Morgan fingerprint density at radius 2 is 1.74 bits per heavy atom. The first-order valence-corrected chi connectivity index (χ1v) is 9.03. The van der Waals surface area contributed by atoms with Crippen LogP contribution in [0.15, 0.2) is 63.3 Å². The van der Waals surface area contributed by atoms with Crippen LogP contribution in [-0.2, 0) is 0 Å². The van der Waals surface area contributed by atoms with Gasteiger partial charge in [-0.25, -0.2) is 4.99 Å². The molecule has 3 nitrogen and oxygen atoms in total. The highest BCUT2D eigenvalue weighted by molar-refractivity contribution is 7.99. The highest BCUT2D eigenvalue weighted by Gasteiger charge is 2.43. The normalized spacial score (nSPS) is 25.8. The number of nitrogens with zero attached hydrogens (tertiary/aromatic N) is 3. The standard InChI is InChI=1S/C19H19N3S/c1-21-11-14-10-13(21)12-22(14)19-15-6-2-4-8-17(15)23-18-9-5-3-7-16(18)20-19/h2-9,13-14H,10-12H2,1H3. The second kappa shape index (κ2) is 5.11. The molecule has 0 N–H and O–H groups in total. The summed E-state index contributed by atoms with van der Waals surface area (Å²) >= 11 is 1.83. The molecule has 0 aliphatic carbocycles. The van der Waals surface area contributed by atoms with Crippen molar-refractivity contribution in [2.24, 2.45) is 4.99 Å². The maximum absolute atomic E-state index is 5.11. The van der Waals surface area contributed by atoms with Crippen LogP contribution in [-0.4, -0.2) is 47.9 Å². The minimum Gasteiger partial charge on any atom is -0.350 e. The number of hydrogen-bond acceptors (Lipinski definition) is 4. The van der Waals surface area contributed by atoms with Crippen LogP contribution in [0, 0.1) is 0 Å². The first-order chi connectivity index (χ1) is 11.3. The van der Waals surface area contributed by atoms with Crippen molar-refractivity contribution in [3.05, 3.63) is 54.1 Å². The summed E-state index contributed by atoms with van der Waals surface area (Å²) in [6.07, 6.45) is 1.27. The summed E-state index contributed by atoms with van der Waals surface area (Å²) < 4.78 is 0. The lowest BCUT2D eigenvalue weighted by atomic mass is 10.1. The highest BCUT2D eigenvalue weighted by atomic mass is 32.2. The molecule has 2 aromatic rings. The molecule has 0 amide bonds. The van der Waals surface area contributed by atoms with E-state index in [0.29, 0.717) is 12.1 Å². The van der Waals surface area contributed by atoms with Crippen LogP contribution in [0.25, 0.3) is 0 Å². The number of likely N-dealkylation sites (N-methyl/N-ethyl adjacent to an activating group) is 1. The van der Waals surface area contributed by atoms with Gasteiger partial charge < -0.3 is 4.90 Å². The van der Waals surface area contributed by atoms with Crippen molar-refractivity contribution < 1.29 is 0 Å². The van der Waals surface area contributed by atoms with E-state index in [9.17, 15) is 0 Å². The Balaban J connectivity index is 1.65. The first-order valence-electron chi connectivity index (χ1n) is 8.21. The molecule has 0 radical (unpaired) electrons. The molecule has 2 bridgehead atoms. The highest BCUT2D eigenvalue weighted by Crippen LogP contribution is 2.42. The zero-order valence-electron chi connectivity index (χ0n) is 13.1. The minimum absolute atomic E-state index is 0.604. The van der Waals surface area contributed by atoms with E-state index in [2.05, 4.69) is 65.4 Å². The fourth-order valence-electron chi connectivity index (χ4n) is 4.01. The number of fused-ring (bicyclic) bond motifs is 4. The van der Waals surface area contributed by atoms with Gasteiger partial charge in [0.25, 0.3) is 0 Å². The number of amidine groups is 1. The van der Waals surface area contributed by atoms with Crippen LogP contribution in [0.1, 0.15) is 12.0 Å². The van der Waals surface area contributed by atoms with Gasteiger partial charge in [-0.3, -0.25) is 4.90 Å². The van der Waals surface area contributed by atoms with Gasteiger partial charge in [0.1, 0.15) is 5.84 Å². The Kier molecular flexibility index (Phi) is 3.03. The summed E-state index contributed by atoms with van der Waals surface area (Å²) in [6.45, 7) is 2.25. The van der Waals surface area contributed by atoms with E-state index in [0.717, 1.165) is 18.8 Å². The lowest BCUT2D eigenvalue weighted by molar-refractivity contribution is 0.210. The van der Waals surface area contributed by atoms with Crippen molar-refractivity contribution in [2.45, 2.75) is 28.3 Å². The molecule has 0 saturated carbocycles. The summed E-state index contributed by atoms with van der Waals surface area (Å²) in [4.78, 5) is 12.7. The third kappa shape index (κ3) is 2.12. The summed E-state index contributed by atoms with van der Waals surface area (Å²) in [5, 5.41) is 0. The predicted octanol–water partition coefficient (Wildman–Crippen LogP) is 3.62. The van der Waals surface area contributed by atoms with Crippen LogP contribution in [0.3, 0.4) is 0 Å². The Labute approximate surface area is 141 Å². The van der Waals surface area contributed by atoms with Gasteiger partial charge in [0.05, 0.1) is 5.69 Å². The average Bonchev–Trinajstić information content (AvgIpc) is 3.09. The van der Waals surface area contributed by atoms with Gasteiger partial charge in [-0.15, -0.1) is 0 Å². The van der Waals surface area contributed by atoms with Gasteiger partial charge in [0, 0.05) is 40.5 Å². The monoisotopic (exact) mass is 321 g/mol. The fourth-order valence-corrected chi connectivity index (χ4v) is 5.03. The topological polar surface area (TPSA) is 18.8 Å². The average molecular weight is 321 g/mol. The van der Waals surface area contributed by atoms with Crippen LogP contribution < -0.4 is 0 Å². The van der Waals surface area contributed by atoms with E-state index in [1.807, 2.05) is 11.8 Å². The molecule has 2 fully saturated rings. The number of benzene rings is 2. The maximum Gasteiger partial charge on any atom is 0.138 e. The predicted molar refractivity (Wildman–Crippen MR) is 94.7 cm³/mol. The van der Waals surface area contributed by atoms with Crippen molar-refractivity contribution in [3.8, 4) is 0 Å². The van der Waals surface area contributed by atoms with Gasteiger partial charge in [-0.05, 0) is 31.7 Å². The van der Waals surface area contributed by atoms with Gasteiger partial charge in [-0.1, -0.05) is 42.1 Å². The van der Waals surface area contributed by atoms with Crippen LogP contribution in [0.4, 0.5) is 5.69 Å². The number of hydrogen-bond donors (Lipinski definition) is 0. The summed E-state index contributed by atoms with van der Waals surface area (Å²) in [5.74, 6) is 1.17. The number of likely N-dealkylation sites (tertiary alicyclic amines) is 2. The molecule has 3 aliphatic rings. The second-order valence-corrected chi connectivity index (χ2v) is 7.72. The number of rotatable bonds is 0. The van der Waals surface area contributed by atoms with E-state index < -0.39 is 0 Å². The molecule has 23 heavy (non-hydrogen) atoms. The molecule has 0 aromatic heterocycles. The Bertz CT molecular complexity index is 799. The molecule has 2 aromatic carbocycles. The van der Waals surface area contributed by atoms with Gasteiger partial charge >= 0.3 is 0 Å². The third-order valence-electron chi connectivity index (χ3n) is 5.23. The Morgan fingerprint density at radius 1 is 0.957 bits per heavy atom. The van der Waals surface area contributed by atoms with Crippen LogP contribution in [0.5, 0.6) is 0 Å². The summed E-state index contributed by atoms with van der Waals surface area (Å²) in [7, 11) is 2.25. The molecule has 0 spiro atoms. The van der Waals surface area contributed by atoms with Crippen molar-refractivity contribution in [1.82, 2.24) is 9.80 Å². The molecule has 3 aliphatic heterocycles. The van der Waals surface area contributed by atoms with Gasteiger partial charge in [0.2, 0.25) is 0 Å². The smallest absolute Gasteiger partial charge is 0.138 e.